The summed E-state index contributed by atoms with van der Waals surface area (Å²) in [7, 11) is 5.52. The van der Waals surface area contributed by atoms with Crippen LogP contribution < -0.4 is 0 Å². The number of esters is 2. The first-order valence-corrected chi connectivity index (χ1v) is 25.3. The molecule has 0 rings (SSSR count). The Morgan fingerprint density at radius 3 is 1.31 bits per heavy atom. The third kappa shape index (κ3) is 42.3. The molecular weight excluding hydrogens is 775 g/mol. The highest BCUT2D eigenvalue weighted by atomic mass is 16.6. The Bertz CT molecular complexity index is 1200. The van der Waals surface area contributed by atoms with Crippen LogP contribution in [0, 0.1) is 0 Å². The second-order valence-corrected chi connectivity index (χ2v) is 18.1. The second-order valence-electron chi connectivity index (χ2n) is 18.1. The van der Waals surface area contributed by atoms with Gasteiger partial charge in [0.25, 0.3) is 0 Å². The zero-order valence-corrected chi connectivity index (χ0v) is 40.8. The van der Waals surface area contributed by atoms with Crippen molar-refractivity contribution in [1.29, 1.82) is 0 Å². The number of carboxylic acid groups (broad SMARTS) is 1. The molecule has 0 aromatic rings. The number of rotatable bonds is 45. The van der Waals surface area contributed by atoms with Gasteiger partial charge in [-0.2, -0.15) is 0 Å². The van der Waals surface area contributed by atoms with Crippen LogP contribution in [-0.4, -0.2) is 80.6 Å². The molecule has 62 heavy (non-hydrogen) atoms. The molecular formula is C54H96NO7+. The normalized spacial score (nSPS) is 13.4. The Morgan fingerprint density at radius 2 is 0.855 bits per heavy atom. The summed E-state index contributed by atoms with van der Waals surface area (Å²) in [5.41, 5.74) is 0. The zero-order chi connectivity index (χ0) is 45.6. The zero-order valence-electron chi connectivity index (χ0n) is 40.8. The topological polar surface area (TPSA) is 99.1 Å². The molecule has 0 aliphatic heterocycles. The van der Waals surface area contributed by atoms with Crippen LogP contribution in [0.2, 0.25) is 0 Å². The van der Waals surface area contributed by atoms with E-state index in [1.807, 2.05) is 21.1 Å². The molecule has 0 heterocycles. The lowest BCUT2D eigenvalue weighted by atomic mass is 10.1. The van der Waals surface area contributed by atoms with Crippen LogP contribution >= 0.6 is 0 Å². The molecule has 0 saturated carbocycles. The van der Waals surface area contributed by atoms with Crippen molar-refractivity contribution in [3.63, 3.8) is 0 Å². The molecule has 8 nitrogen and oxygen atoms in total. The predicted molar refractivity (Wildman–Crippen MR) is 261 cm³/mol. The number of hydrogen-bond donors (Lipinski definition) is 1. The van der Waals surface area contributed by atoms with Crippen LogP contribution in [0.15, 0.2) is 60.8 Å². The van der Waals surface area contributed by atoms with E-state index in [1.54, 1.807) is 0 Å². The first-order chi connectivity index (χ1) is 30.1. The minimum Gasteiger partial charge on any atom is -0.477 e. The van der Waals surface area contributed by atoms with E-state index in [2.05, 4.69) is 74.6 Å². The fourth-order valence-electron chi connectivity index (χ4n) is 7.19. The number of allylic oxidation sites excluding steroid dienone is 10. The van der Waals surface area contributed by atoms with Gasteiger partial charge in [0.15, 0.2) is 12.1 Å². The molecule has 358 valence electrons. The second kappa shape index (κ2) is 44.6. The van der Waals surface area contributed by atoms with Gasteiger partial charge in [0.1, 0.15) is 6.61 Å². The summed E-state index contributed by atoms with van der Waals surface area (Å²) in [5.74, 6) is -1.49. The van der Waals surface area contributed by atoms with E-state index in [9.17, 15) is 19.5 Å². The molecule has 1 N–H and O–H groups in total. The maximum absolute atomic E-state index is 12.8. The average molecular weight is 871 g/mol. The predicted octanol–water partition coefficient (Wildman–Crippen LogP) is 14.5. The molecule has 2 unspecified atom stereocenters. The molecule has 0 bridgehead atoms. The molecule has 0 aliphatic rings. The van der Waals surface area contributed by atoms with Crippen molar-refractivity contribution < 1.29 is 38.2 Å². The summed E-state index contributed by atoms with van der Waals surface area (Å²) in [6.07, 6.45) is 55.5. The first kappa shape index (κ1) is 59.0. The van der Waals surface area contributed by atoms with Crippen molar-refractivity contribution in [2.75, 3.05) is 41.0 Å². The largest absolute Gasteiger partial charge is 0.477 e. The first-order valence-electron chi connectivity index (χ1n) is 25.3. The Labute approximate surface area is 381 Å². The van der Waals surface area contributed by atoms with Crippen LogP contribution in [0.5, 0.6) is 0 Å². The highest BCUT2D eigenvalue weighted by Gasteiger charge is 2.31. The quantitative estimate of drug-likeness (QED) is 0.0282. The summed E-state index contributed by atoms with van der Waals surface area (Å²) >= 11 is 0. The lowest BCUT2D eigenvalue weighted by Crippen LogP contribution is -2.50. The third-order valence-electron chi connectivity index (χ3n) is 11.1. The van der Waals surface area contributed by atoms with Gasteiger partial charge in [-0.15, -0.1) is 0 Å². The number of aliphatic carboxylic acids is 1. The minimum atomic E-state index is -0.879. The van der Waals surface area contributed by atoms with Crippen molar-refractivity contribution >= 4 is 17.9 Å². The van der Waals surface area contributed by atoms with E-state index in [4.69, 9.17) is 14.2 Å². The Kier molecular flexibility index (Phi) is 42.5. The lowest BCUT2D eigenvalue weighted by molar-refractivity contribution is -0.887. The van der Waals surface area contributed by atoms with Crippen LogP contribution in [0.3, 0.4) is 0 Å². The van der Waals surface area contributed by atoms with Gasteiger partial charge < -0.3 is 23.8 Å². The average Bonchev–Trinajstić information content (AvgIpc) is 3.23. The van der Waals surface area contributed by atoms with E-state index in [1.165, 1.54) is 103 Å². The number of hydrogen-bond acceptors (Lipinski definition) is 6. The standard InChI is InChI=1S/C54H95NO7/c1-6-8-10-12-14-16-18-20-22-24-25-26-27-29-31-33-35-37-39-41-43-45-53(57)62-50(48-60-47-46-51(54(58)59)55(3,4)5)49-61-52(56)44-42-40-38-36-34-32-30-28-23-21-19-17-15-13-11-9-7-2/h14,16,20-23,25-26,29,31,50-51H,6-13,15,17-19,24,27-28,30,32-49H2,1-5H3/p+1/b16-14+,22-20+,23-21+,26-25+,31-29+. The smallest absolute Gasteiger partial charge is 0.362 e. The van der Waals surface area contributed by atoms with E-state index in [0.29, 0.717) is 19.3 Å². The van der Waals surface area contributed by atoms with Gasteiger partial charge in [0.2, 0.25) is 0 Å². The minimum absolute atomic E-state index is 0.0505. The third-order valence-corrected chi connectivity index (χ3v) is 11.1. The van der Waals surface area contributed by atoms with E-state index in [0.717, 1.165) is 77.0 Å². The fraction of sp³-hybridized carbons (Fsp3) is 0.759. The number of carboxylic acids is 1. The van der Waals surface area contributed by atoms with Crippen LogP contribution in [0.25, 0.3) is 0 Å². The van der Waals surface area contributed by atoms with Crippen LogP contribution in [0.4, 0.5) is 0 Å². The number of ether oxygens (including phenoxy) is 3. The van der Waals surface area contributed by atoms with E-state index in [-0.39, 0.29) is 36.2 Å². The molecule has 0 radical (unpaired) electrons. The highest BCUT2D eigenvalue weighted by Crippen LogP contribution is 2.14. The van der Waals surface area contributed by atoms with Gasteiger partial charge in [-0.3, -0.25) is 9.59 Å². The summed E-state index contributed by atoms with van der Waals surface area (Å²) in [5, 5.41) is 9.65. The monoisotopic (exact) mass is 871 g/mol. The van der Waals surface area contributed by atoms with Crippen molar-refractivity contribution in [3.05, 3.63) is 60.8 Å². The number of nitrogens with zero attached hydrogens (tertiary/aromatic N) is 1. The van der Waals surface area contributed by atoms with Crippen molar-refractivity contribution in [2.45, 2.75) is 225 Å². The van der Waals surface area contributed by atoms with E-state index >= 15 is 0 Å². The highest BCUT2D eigenvalue weighted by molar-refractivity contribution is 5.72. The Balaban J connectivity index is 4.32. The van der Waals surface area contributed by atoms with Crippen LogP contribution in [0.1, 0.15) is 213 Å². The molecule has 0 aromatic carbocycles. The molecule has 0 saturated heterocycles. The van der Waals surface area contributed by atoms with Gasteiger partial charge in [-0.05, 0) is 83.5 Å². The maximum Gasteiger partial charge on any atom is 0.362 e. The molecule has 0 amide bonds. The van der Waals surface area contributed by atoms with Gasteiger partial charge in [0, 0.05) is 19.3 Å². The van der Waals surface area contributed by atoms with Crippen LogP contribution in [-0.2, 0) is 28.6 Å². The Morgan fingerprint density at radius 1 is 0.484 bits per heavy atom. The van der Waals surface area contributed by atoms with E-state index < -0.39 is 18.1 Å². The van der Waals surface area contributed by atoms with Gasteiger partial charge in [-0.25, -0.2) is 4.79 Å². The summed E-state index contributed by atoms with van der Waals surface area (Å²) in [6.45, 7) is 4.69. The number of carbonyl (C=O) groups excluding carboxylic acids is 2. The van der Waals surface area contributed by atoms with Gasteiger partial charge in [0.05, 0.1) is 34.4 Å². The molecule has 0 aliphatic carbocycles. The van der Waals surface area contributed by atoms with Crippen molar-refractivity contribution in [3.8, 4) is 0 Å². The van der Waals surface area contributed by atoms with Crippen molar-refractivity contribution in [1.82, 2.24) is 0 Å². The molecule has 0 aromatic heterocycles. The molecule has 2 atom stereocenters. The number of unbranched alkanes of at least 4 members (excludes halogenated alkanes) is 21. The van der Waals surface area contributed by atoms with Gasteiger partial charge >= 0.3 is 17.9 Å². The van der Waals surface area contributed by atoms with Crippen molar-refractivity contribution in [2.24, 2.45) is 0 Å². The summed E-state index contributed by atoms with van der Waals surface area (Å²) < 4.78 is 17.3. The maximum atomic E-state index is 12.8. The number of quaternary nitrogens is 1. The summed E-state index contributed by atoms with van der Waals surface area (Å²) in [6, 6.07) is -0.621. The number of likely N-dealkylation sites (N-methyl/N-ethyl adjacent to an activating group) is 1. The lowest BCUT2D eigenvalue weighted by Gasteiger charge is -2.31. The summed E-state index contributed by atoms with van der Waals surface area (Å²) in [4.78, 5) is 37.1. The molecule has 0 fully saturated rings. The number of carbonyl (C=O) groups is 3. The molecule has 0 spiro atoms. The molecule has 8 heteroatoms. The fourth-order valence-corrected chi connectivity index (χ4v) is 7.19. The van der Waals surface area contributed by atoms with Gasteiger partial charge in [-0.1, -0.05) is 171 Å². The Hall–Kier alpha value is -2.97. The SMILES string of the molecule is CCCCC/C=C/C/C=C/C/C=C/C/C=C/CCCCCCCC(=O)OC(COCCC(C(=O)O)[N+](C)(C)C)COC(=O)CCCCCCCCC/C=C/CCCCCCCC.